The van der Waals surface area contributed by atoms with Crippen molar-refractivity contribution in [2.75, 3.05) is 13.1 Å². The quantitative estimate of drug-likeness (QED) is 0.425. The number of hydrogen-bond donors (Lipinski definition) is 0. The van der Waals surface area contributed by atoms with Gasteiger partial charge >= 0.3 is 17.8 Å². The van der Waals surface area contributed by atoms with Crippen LogP contribution in [-0.2, 0) is 11.2 Å². The molecule has 1 aliphatic heterocycles. The molecule has 120 valence electrons. The summed E-state index contributed by atoms with van der Waals surface area (Å²) in [6, 6.07) is 1.30. The number of nitro groups is 1. The highest BCUT2D eigenvalue weighted by molar-refractivity contribution is 9.10. The number of rotatable bonds is 1. The van der Waals surface area contributed by atoms with Gasteiger partial charge < -0.3 is 4.90 Å². The number of hydrogen-bond acceptors (Lipinski definition) is 4. The van der Waals surface area contributed by atoms with Gasteiger partial charge in [-0.05, 0) is 21.5 Å². The van der Waals surface area contributed by atoms with E-state index in [1.165, 1.54) is 6.07 Å². The number of carbonyl (C=O) groups is 1. The first-order valence-electron chi connectivity index (χ1n) is 6.31. The molecule has 10 heteroatoms. The monoisotopic (exact) mass is 381 g/mol. The van der Waals surface area contributed by atoms with Crippen molar-refractivity contribution in [3.63, 3.8) is 0 Å². The Bertz CT molecular complexity index is 636. The molecule has 1 aliphatic rings. The zero-order valence-corrected chi connectivity index (χ0v) is 12.9. The minimum absolute atomic E-state index is 0.0269. The lowest BCUT2D eigenvalue weighted by atomic mass is 9.99. The smallest absolute Gasteiger partial charge is 0.334 e. The number of amides is 1. The SMILES string of the molecule is CC1CN(C(=O)C(F)(F)F)CCc2nc(Br)c([N+](=O)[O-])cc21. The fourth-order valence-corrected chi connectivity index (χ4v) is 2.88. The van der Waals surface area contributed by atoms with E-state index in [1.54, 1.807) is 6.92 Å². The van der Waals surface area contributed by atoms with Gasteiger partial charge in [-0.1, -0.05) is 6.92 Å². The fourth-order valence-electron chi connectivity index (χ4n) is 2.41. The summed E-state index contributed by atoms with van der Waals surface area (Å²) < 4.78 is 37.7. The summed E-state index contributed by atoms with van der Waals surface area (Å²) in [5, 5.41) is 10.9. The van der Waals surface area contributed by atoms with Gasteiger partial charge in [0, 0.05) is 37.2 Å². The van der Waals surface area contributed by atoms with Crippen LogP contribution in [0.15, 0.2) is 10.7 Å². The molecule has 0 fully saturated rings. The van der Waals surface area contributed by atoms with Gasteiger partial charge in [0.05, 0.1) is 4.92 Å². The van der Waals surface area contributed by atoms with E-state index in [-0.39, 0.29) is 29.8 Å². The first kappa shape index (κ1) is 16.7. The molecule has 1 unspecified atom stereocenters. The van der Waals surface area contributed by atoms with Crippen molar-refractivity contribution in [2.24, 2.45) is 0 Å². The number of carbonyl (C=O) groups excluding carboxylic acids is 1. The minimum Gasteiger partial charge on any atom is -0.334 e. The van der Waals surface area contributed by atoms with Crippen LogP contribution in [0.1, 0.15) is 24.1 Å². The summed E-state index contributed by atoms with van der Waals surface area (Å²) in [5.41, 5.74) is 0.705. The van der Waals surface area contributed by atoms with E-state index in [1.807, 2.05) is 0 Å². The summed E-state index contributed by atoms with van der Waals surface area (Å²) in [4.78, 5) is 26.5. The van der Waals surface area contributed by atoms with Crippen LogP contribution < -0.4 is 0 Å². The van der Waals surface area contributed by atoms with Crippen LogP contribution in [0, 0.1) is 10.1 Å². The lowest BCUT2D eigenvalue weighted by molar-refractivity contribution is -0.386. The van der Waals surface area contributed by atoms with E-state index < -0.39 is 22.9 Å². The molecule has 1 atom stereocenters. The summed E-state index contributed by atoms with van der Waals surface area (Å²) >= 11 is 2.98. The predicted octanol–water partition coefficient (Wildman–Crippen LogP) is 2.80. The zero-order chi connectivity index (χ0) is 16.7. The van der Waals surface area contributed by atoms with Crippen molar-refractivity contribution in [3.05, 3.63) is 32.0 Å². The molecule has 0 saturated heterocycles. The van der Waals surface area contributed by atoms with Crippen LogP contribution in [-0.4, -0.2) is 40.0 Å². The Kier molecular flexibility index (Phi) is 4.41. The molecule has 0 saturated carbocycles. The number of nitrogens with zero attached hydrogens (tertiary/aromatic N) is 3. The molecule has 2 heterocycles. The molecule has 0 bridgehead atoms. The number of aromatic nitrogens is 1. The molecule has 0 spiro atoms. The molecule has 0 N–H and O–H groups in total. The van der Waals surface area contributed by atoms with E-state index in [0.29, 0.717) is 16.2 Å². The van der Waals surface area contributed by atoms with Crippen molar-refractivity contribution in [3.8, 4) is 0 Å². The van der Waals surface area contributed by atoms with Crippen LogP contribution >= 0.6 is 15.9 Å². The van der Waals surface area contributed by atoms with Crippen molar-refractivity contribution >= 4 is 27.5 Å². The highest BCUT2D eigenvalue weighted by atomic mass is 79.9. The standard InChI is InChI=1S/C12H11BrF3N3O3/c1-6-5-18(11(20)12(14,15)16)3-2-8-7(6)4-9(19(21)22)10(13)17-8/h4,6H,2-3,5H2,1H3. The topological polar surface area (TPSA) is 76.3 Å². The molecule has 0 aromatic carbocycles. The summed E-state index contributed by atoms with van der Waals surface area (Å²) in [6.45, 7) is 1.32. The summed E-state index contributed by atoms with van der Waals surface area (Å²) in [6.07, 6.45) is -4.83. The molecular weight excluding hydrogens is 371 g/mol. The van der Waals surface area contributed by atoms with Gasteiger partial charge in [-0.15, -0.1) is 0 Å². The van der Waals surface area contributed by atoms with Crippen molar-refractivity contribution < 1.29 is 22.9 Å². The molecular formula is C12H11BrF3N3O3. The molecule has 6 nitrogen and oxygen atoms in total. The Morgan fingerprint density at radius 1 is 1.55 bits per heavy atom. The lowest BCUT2D eigenvalue weighted by Crippen LogP contribution is -2.42. The lowest BCUT2D eigenvalue weighted by Gasteiger charge is -2.23. The Labute approximate surface area is 131 Å². The number of alkyl halides is 3. The second-order valence-electron chi connectivity index (χ2n) is 4.99. The normalized spacial score (nSPS) is 18.6. The first-order valence-corrected chi connectivity index (χ1v) is 7.10. The Hall–Kier alpha value is -1.71. The number of halogens is 4. The Balaban J connectivity index is 2.36. The molecule has 0 aliphatic carbocycles. The molecule has 1 aromatic heterocycles. The maximum Gasteiger partial charge on any atom is 0.471 e. The minimum atomic E-state index is -4.93. The zero-order valence-electron chi connectivity index (χ0n) is 11.4. The molecule has 1 amide bonds. The van der Waals surface area contributed by atoms with Gasteiger partial charge in [0.1, 0.15) is 0 Å². The second kappa shape index (κ2) is 5.82. The third kappa shape index (κ3) is 3.21. The van der Waals surface area contributed by atoms with E-state index in [0.717, 1.165) is 0 Å². The van der Waals surface area contributed by atoms with E-state index in [2.05, 4.69) is 20.9 Å². The number of fused-ring (bicyclic) bond motifs is 1. The number of pyridine rings is 1. The molecule has 22 heavy (non-hydrogen) atoms. The first-order chi connectivity index (χ1) is 10.1. The van der Waals surface area contributed by atoms with Crippen LogP contribution in [0.5, 0.6) is 0 Å². The van der Waals surface area contributed by atoms with Crippen LogP contribution in [0.25, 0.3) is 0 Å². The summed E-state index contributed by atoms with van der Waals surface area (Å²) in [5.74, 6) is -2.39. The van der Waals surface area contributed by atoms with E-state index in [9.17, 15) is 28.1 Å². The van der Waals surface area contributed by atoms with Gasteiger partial charge in [0.25, 0.3) is 0 Å². The Morgan fingerprint density at radius 3 is 2.73 bits per heavy atom. The van der Waals surface area contributed by atoms with E-state index >= 15 is 0 Å². The Morgan fingerprint density at radius 2 is 2.18 bits per heavy atom. The van der Waals surface area contributed by atoms with Crippen LogP contribution in [0.4, 0.5) is 18.9 Å². The third-order valence-electron chi connectivity index (χ3n) is 3.44. The third-order valence-corrected chi connectivity index (χ3v) is 4.02. The maximum absolute atomic E-state index is 12.6. The molecule has 0 radical (unpaired) electrons. The van der Waals surface area contributed by atoms with Gasteiger partial charge in [-0.2, -0.15) is 13.2 Å². The highest BCUT2D eigenvalue weighted by Crippen LogP contribution is 2.32. The van der Waals surface area contributed by atoms with Crippen molar-refractivity contribution in [1.82, 2.24) is 9.88 Å². The van der Waals surface area contributed by atoms with Gasteiger partial charge in [-0.25, -0.2) is 4.98 Å². The summed E-state index contributed by atoms with van der Waals surface area (Å²) in [7, 11) is 0. The molecule has 1 aromatic rings. The largest absolute Gasteiger partial charge is 0.471 e. The van der Waals surface area contributed by atoms with Crippen LogP contribution in [0.2, 0.25) is 0 Å². The molecule has 2 rings (SSSR count). The van der Waals surface area contributed by atoms with E-state index in [4.69, 9.17) is 0 Å². The van der Waals surface area contributed by atoms with Gasteiger partial charge in [0.15, 0.2) is 4.60 Å². The predicted molar refractivity (Wildman–Crippen MR) is 73.3 cm³/mol. The van der Waals surface area contributed by atoms with Crippen molar-refractivity contribution in [2.45, 2.75) is 25.4 Å². The fraction of sp³-hybridized carbons (Fsp3) is 0.500. The van der Waals surface area contributed by atoms with Gasteiger partial charge in [0.2, 0.25) is 0 Å². The highest BCUT2D eigenvalue weighted by Gasteiger charge is 2.43. The van der Waals surface area contributed by atoms with Crippen molar-refractivity contribution in [1.29, 1.82) is 0 Å². The average molecular weight is 382 g/mol. The van der Waals surface area contributed by atoms with Gasteiger partial charge in [-0.3, -0.25) is 14.9 Å². The van der Waals surface area contributed by atoms with Crippen LogP contribution in [0.3, 0.4) is 0 Å². The second-order valence-corrected chi connectivity index (χ2v) is 5.74. The maximum atomic E-state index is 12.6. The average Bonchev–Trinajstić information content (AvgIpc) is 2.55.